The minimum Gasteiger partial charge on any atom is -0.388 e. The first kappa shape index (κ1) is 31.6. The number of hydrogen-bond acceptors (Lipinski definition) is 6. The maximum Gasteiger partial charge on any atom is 0.309 e. The number of alkyl halides is 1. The molecule has 1 saturated heterocycles. The van der Waals surface area contributed by atoms with E-state index < -0.39 is 53.0 Å². The summed E-state index contributed by atoms with van der Waals surface area (Å²) in [6, 6.07) is 3.30. The second kappa shape index (κ2) is 11.4. The van der Waals surface area contributed by atoms with Gasteiger partial charge >= 0.3 is 11.4 Å². The summed E-state index contributed by atoms with van der Waals surface area (Å²) < 4.78 is 15.3. The second-order valence-corrected chi connectivity index (χ2v) is 14.3. The van der Waals surface area contributed by atoms with Gasteiger partial charge in [0.05, 0.1) is 22.6 Å². The van der Waals surface area contributed by atoms with Crippen molar-refractivity contribution in [2.75, 3.05) is 6.54 Å². The van der Waals surface area contributed by atoms with Crippen LogP contribution >= 0.6 is 11.3 Å². The molecule has 4 atom stereocenters. The first-order valence-corrected chi connectivity index (χ1v) is 15.0. The van der Waals surface area contributed by atoms with Crippen LogP contribution in [-0.2, 0) is 26.3 Å². The van der Waals surface area contributed by atoms with Crippen molar-refractivity contribution < 1.29 is 23.9 Å². The molecule has 1 aliphatic heterocycles. The largest absolute Gasteiger partial charge is 0.388 e. The third-order valence-electron chi connectivity index (χ3n) is 8.07. The van der Waals surface area contributed by atoms with E-state index in [1.165, 1.54) is 0 Å². The summed E-state index contributed by atoms with van der Waals surface area (Å²) in [5.41, 5.74) is 3.39. The van der Waals surface area contributed by atoms with Gasteiger partial charge in [0.2, 0.25) is 11.8 Å². The van der Waals surface area contributed by atoms with Crippen molar-refractivity contribution in [1.82, 2.24) is 20.5 Å². The molecule has 2 heterocycles. The Labute approximate surface area is 250 Å². The Morgan fingerprint density at radius 2 is 1.90 bits per heavy atom. The van der Waals surface area contributed by atoms with E-state index in [4.69, 9.17) is 6.57 Å². The number of likely N-dealkylation sites (tertiary alicyclic amines) is 1. The number of aliphatic hydroxyl groups is 1. The molecule has 0 radical (unpaired) electrons. The van der Waals surface area contributed by atoms with Gasteiger partial charge in [0.15, 0.2) is 6.17 Å². The average molecular weight is 598 g/mol. The van der Waals surface area contributed by atoms with E-state index in [2.05, 4.69) is 47.3 Å². The average Bonchev–Trinajstić information content (AvgIpc) is 3.51. The fourth-order valence-corrected chi connectivity index (χ4v) is 6.14. The SMILES string of the molecule is [C-]#[N+]C1(C(=O)NC(C(=O)N2C[C@H](O)[C@H](F)C2C(=O)NCc2ccc(-c3scnc3C)cc2C(C)(C)C)C(C)(C)C)CC1. The highest BCUT2D eigenvalue weighted by atomic mass is 32.1. The van der Waals surface area contributed by atoms with Gasteiger partial charge in [-0.2, -0.15) is 0 Å². The van der Waals surface area contributed by atoms with Crippen LogP contribution in [0.5, 0.6) is 0 Å². The summed E-state index contributed by atoms with van der Waals surface area (Å²) in [5, 5.41) is 15.9. The van der Waals surface area contributed by atoms with E-state index in [1.54, 1.807) is 37.6 Å². The Kier molecular flexibility index (Phi) is 8.55. The van der Waals surface area contributed by atoms with Crippen molar-refractivity contribution in [3.63, 3.8) is 0 Å². The van der Waals surface area contributed by atoms with Crippen LogP contribution in [0.2, 0.25) is 0 Å². The zero-order valence-corrected chi connectivity index (χ0v) is 26.1. The summed E-state index contributed by atoms with van der Waals surface area (Å²) in [4.78, 5) is 50.0. The Bertz CT molecular complexity index is 1420. The molecular formula is C31H40FN5O4S. The first-order chi connectivity index (χ1) is 19.5. The van der Waals surface area contributed by atoms with Gasteiger partial charge in [-0.25, -0.2) is 15.9 Å². The maximum atomic E-state index is 15.3. The topological polar surface area (TPSA) is 116 Å². The molecule has 1 aromatic heterocycles. The number of carbonyl (C=O) groups is 3. The molecule has 9 nitrogen and oxygen atoms in total. The molecule has 1 aromatic carbocycles. The maximum absolute atomic E-state index is 15.3. The molecule has 2 unspecified atom stereocenters. The van der Waals surface area contributed by atoms with Crippen molar-refractivity contribution in [1.29, 1.82) is 0 Å². The molecule has 0 spiro atoms. The Balaban J connectivity index is 1.55. The van der Waals surface area contributed by atoms with Crippen molar-refractivity contribution in [2.45, 2.75) is 103 Å². The highest BCUT2D eigenvalue weighted by Gasteiger charge is 2.60. The summed E-state index contributed by atoms with van der Waals surface area (Å²) in [7, 11) is 0. The number of halogens is 1. The molecular weight excluding hydrogens is 557 g/mol. The van der Waals surface area contributed by atoms with Gasteiger partial charge in [-0.1, -0.05) is 53.7 Å². The molecule has 226 valence electrons. The van der Waals surface area contributed by atoms with Gasteiger partial charge in [-0.15, -0.1) is 11.3 Å². The Morgan fingerprint density at radius 3 is 2.43 bits per heavy atom. The lowest BCUT2D eigenvalue weighted by Gasteiger charge is -2.35. The normalized spacial score (nSPS) is 22.3. The van der Waals surface area contributed by atoms with Gasteiger partial charge in [0.1, 0.15) is 18.2 Å². The number of nitrogens with zero attached hydrogens (tertiary/aromatic N) is 3. The van der Waals surface area contributed by atoms with Crippen molar-refractivity contribution >= 4 is 29.1 Å². The second-order valence-electron chi connectivity index (χ2n) is 13.5. The number of carbonyl (C=O) groups excluding carboxylic acids is 3. The number of β-amino-alcohol motifs (C(OH)–C–C–N with tert-alkyl or cyclic N) is 1. The fraction of sp³-hybridized carbons (Fsp3) is 0.581. The number of benzene rings is 1. The van der Waals surface area contributed by atoms with Gasteiger partial charge < -0.3 is 20.6 Å². The molecule has 1 aliphatic carbocycles. The fourth-order valence-electron chi connectivity index (χ4n) is 5.34. The molecule has 11 heteroatoms. The number of amides is 3. The van der Waals surface area contributed by atoms with Crippen LogP contribution in [0.1, 0.15) is 71.2 Å². The Morgan fingerprint density at radius 1 is 1.24 bits per heavy atom. The number of aliphatic hydroxyl groups excluding tert-OH is 1. The zero-order valence-electron chi connectivity index (χ0n) is 25.2. The lowest BCUT2D eigenvalue weighted by Crippen LogP contribution is -2.59. The van der Waals surface area contributed by atoms with Crippen LogP contribution < -0.4 is 10.6 Å². The number of hydrogen-bond donors (Lipinski definition) is 3. The highest BCUT2D eigenvalue weighted by molar-refractivity contribution is 7.13. The molecule has 4 rings (SSSR count). The molecule has 1 saturated carbocycles. The third kappa shape index (κ3) is 6.20. The molecule has 2 aromatic rings. The van der Waals surface area contributed by atoms with E-state index >= 15 is 4.39 Å². The number of rotatable bonds is 7. The van der Waals surface area contributed by atoms with E-state index in [0.29, 0.717) is 12.8 Å². The number of aromatic nitrogens is 1. The summed E-state index contributed by atoms with van der Waals surface area (Å²) >= 11 is 1.56. The molecule has 2 aliphatic rings. The lowest BCUT2D eigenvalue weighted by atomic mass is 9.82. The predicted molar refractivity (Wildman–Crippen MR) is 159 cm³/mol. The van der Waals surface area contributed by atoms with Crippen LogP contribution in [0.25, 0.3) is 15.3 Å². The van der Waals surface area contributed by atoms with E-state index in [9.17, 15) is 19.5 Å². The summed E-state index contributed by atoms with van der Waals surface area (Å²) in [5.74, 6) is -1.95. The molecule has 3 N–H and O–H groups in total. The quantitative estimate of drug-likeness (QED) is 0.419. The summed E-state index contributed by atoms with van der Waals surface area (Å²) in [6.07, 6.45) is -2.73. The van der Waals surface area contributed by atoms with E-state index in [-0.39, 0.29) is 18.5 Å². The van der Waals surface area contributed by atoms with Crippen LogP contribution in [0.3, 0.4) is 0 Å². The minimum absolute atomic E-state index is 0.0989. The van der Waals surface area contributed by atoms with Gasteiger partial charge in [-0.3, -0.25) is 19.2 Å². The molecule has 2 fully saturated rings. The van der Waals surface area contributed by atoms with E-state index in [1.807, 2.05) is 19.1 Å². The summed E-state index contributed by atoms with van der Waals surface area (Å²) in [6.45, 7) is 20.5. The standard InChI is InChI=1S/C31H40FN5O4S/c1-17-24(42-16-35-17)18-9-10-19(20(13-18)29(2,3)4)14-34-26(39)23-22(32)21(38)15-37(23)27(40)25(30(5,6)7)36-28(41)31(33-8)11-12-31/h9-10,13,16,21-23,25,38H,11-12,14-15H2,1-7H3,(H,34,39)(H,36,41)/t21-,22-,23?,25?/m0/s1. The third-order valence-corrected chi connectivity index (χ3v) is 9.05. The zero-order chi connectivity index (χ0) is 31.2. The van der Waals surface area contributed by atoms with Crippen LogP contribution in [-0.4, -0.2) is 69.2 Å². The van der Waals surface area contributed by atoms with E-state index in [0.717, 1.165) is 32.2 Å². The molecule has 3 amide bonds. The smallest absolute Gasteiger partial charge is 0.309 e. The minimum atomic E-state index is -2.00. The molecule has 42 heavy (non-hydrogen) atoms. The number of aryl methyl sites for hydroxylation is 1. The van der Waals surface area contributed by atoms with Crippen LogP contribution in [0, 0.1) is 18.9 Å². The Hall–Kier alpha value is -3.36. The van der Waals surface area contributed by atoms with Crippen molar-refractivity contribution in [2.24, 2.45) is 5.41 Å². The van der Waals surface area contributed by atoms with Gasteiger partial charge in [-0.05, 0) is 40.5 Å². The lowest BCUT2D eigenvalue weighted by molar-refractivity contribution is -0.145. The number of nitrogens with one attached hydrogen (secondary N) is 2. The number of thiazole rings is 1. The van der Waals surface area contributed by atoms with Gasteiger partial charge in [0, 0.05) is 19.4 Å². The van der Waals surface area contributed by atoms with Crippen molar-refractivity contribution in [3.8, 4) is 10.4 Å². The predicted octanol–water partition coefficient (Wildman–Crippen LogP) is 3.92. The first-order valence-electron chi connectivity index (χ1n) is 14.1. The van der Waals surface area contributed by atoms with Gasteiger partial charge in [0.25, 0.3) is 0 Å². The monoisotopic (exact) mass is 597 g/mol. The highest BCUT2D eigenvalue weighted by Crippen LogP contribution is 2.41. The van der Waals surface area contributed by atoms with Crippen molar-refractivity contribution in [3.05, 3.63) is 51.9 Å². The van der Waals surface area contributed by atoms with Crippen LogP contribution in [0.4, 0.5) is 4.39 Å². The molecule has 0 bridgehead atoms. The van der Waals surface area contributed by atoms with Crippen LogP contribution in [0.15, 0.2) is 23.7 Å².